The van der Waals surface area contributed by atoms with E-state index < -0.39 is 0 Å². The van der Waals surface area contributed by atoms with Crippen molar-refractivity contribution in [1.82, 2.24) is 4.90 Å². The summed E-state index contributed by atoms with van der Waals surface area (Å²) < 4.78 is 1.54. The molecule has 1 fully saturated rings. The van der Waals surface area contributed by atoms with Gasteiger partial charge in [-0.1, -0.05) is 32.6 Å². The molecule has 4 heteroatoms. The molecule has 2 rings (SSSR count). The minimum Gasteiger partial charge on any atom is -0.506 e. The average molecular weight is 419 g/mol. The van der Waals surface area contributed by atoms with Gasteiger partial charge in [0.15, 0.2) is 0 Å². The Morgan fingerprint density at radius 2 is 1.67 bits per heavy atom. The standard InChI is InChI=1S/C17H25Br2NO/c1-2-9-20(14-7-5-3-4-6-8-14)12-13-10-15(18)17(21)16(19)11-13/h10-11,14,21H,2-9,12H2,1H3. The molecule has 1 aliphatic carbocycles. The van der Waals surface area contributed by atoms with Crippen LogP contribution in [0.25, 0.3) is 0 Å². The van der Waals surface area contributed by atoms with Crippen LogP contribution in [0.1, 0.15) is 57.4 Å². The molecule has 0 unspecified atom stereocenters. The van der Waals surface area contributed by atoms with E-state index in [1.165, 1.54) is 50.5 Å². The highest BCUT2D eigenvalue weighted by molar-refractivity contribution is 9.11. The molecular weight excluding hydrogens is 394 g/mol. The number of hydrogen-bond acceptors (Lipinski definition) is 2. The first-order valence-corrected chi connectivity index (χ1v) is 9.61. The summed E-state index contributed by atoms with van der Waals surface area (Å²) in [7, 11) is 0. The summed E-state index contributed by atoms with van der Waals surface area (Å²) in [5.41, 5.74) is 1.25. The van der Waals surface area contributed by atoms with Crippen LogP contribution in [0.5, 0.6) is 5.75 Å². The minimum absolute atomic E-state index is 0.287. The summed E-state index contributed by atoms with van der Waals surface area (Å²) in [5.74, 6) is 0.287. The summed E-state index contributed by atoms with van der Waals surface area (Å²) in [6.45, 7) is 4.38. The summed E-state index contributed by atoms with van der Waals surface area (Å²) in [5, 5.41) is 9.85. The summed E-state index contributed by atoms with van der Waals surface area (Å²) in [6, 6.07) is 4.80. The van der Waals surface area contributed by atoms with Gasteiger partial charge >= 0.3 is 0 Å². The van der Waals surface area contributed by atoms with E-state index in [1.54, 1.807) is 0 Å². The number of phenolic OH excluding ortho intramolecular Hbond substituents is 1. The first-order valence-electron chi connectivity index (χ1n) is 8.02. The fraction of sp³-hybridized carbons (Fsp3) is 0.647. The second kappa shape index (κ2) is 8.54. The Morgan fingerprint density at radius 1 is 1.10 bits per heavy atom. The van der Waals surface area contributed by atoms with Crippen LogP contribution in [0.2, 0.25) is 0 Å². The second-order valence-electron chi connectivity index (χ2n) is 6.02. The molecule has 1 N–H and O–H groups in total. The normalized spacial score (nSPS) is 17.1. The molecule has 1 aliphatic rings. The van der Waals surface area contributed by atoms with Gasteiger partial charge < -0.3 is 5.11 Å². The maximum atomic E-state index is 9.85. The maximum absolute atomic E-state index is 9.85. The summed E-state index contributed by atoms with van der Waals surface area (Å²) in [4.78, 5) is 2.64. The van der Waals surface area contributed by atoms with Crippen molar-refractivity contribution in [2.75, 3.05) is 6.54 Å². The number of rotatable bonds is 5. The van der Waals surface area contributed by atoms with E-state index in [0.29, 0.717) is 0 Å². The Morgan fingerprint density at radius 3 is 2.19 bits per heavy atom. The molecular formula is C17H25Br2NO. The van der Waals surface area contributed by atoms with E-state index in [2.05, 4.69) is 43.7 Å². The molecule has 1 aromatic carbocycles. The molecule has 0 saturated heterocycles. The quantitative estimate of drug-likeness (QED) is 0.606. The van der Waals surface area contributed by atoms with Crippen LogP contribution in [-0.4, -0.2) is 22.6 Å². The molecule has 0 aromatic heterocycles. The van der Waals surface area contributed by atoms with Gasteiger partial charge in [-0.3, -0.25) is 4.90 Å². The van der Waals surface area contributed by atoms with Crippen molar-refractivity contribution in [3.05, 3.63) is 26.6 Å². The van der Waals surface area contributed by atoms with Crippen LogP contribution in [-0.2, 0) is 6.54 Å². The van der Waals surface area contributed by atoms with Crippen LogP contribution in [0.3, 0.4) is 0 Å². The van der Waals surface area contributed by atoms with Crippen LogP contribution < -0.4 is 0 Å². The SMILES string of the molecule is CCCN(Cc1cc(Br)c(O)c(Br)c1)C1CCCCCC1. The van der Waals surface area contributed by atoms with Crippen molar-refractivity contribution < 1.29 is 5.11 Å². The fourth-order valence-electron chi connectivity index (χ4n) is 3.24. The van der Waals surface area contributed by atoms with Crippen molar-refractivity contribution in [3.63, 3.8) is 0 Å². The lowest BCUT2D eigenvalue weighted by molar-refractivity contribution is 0.170. The zero-order valence-electron chi connectivity index (χ0n) is 12.7. The first kappa shape index (κ1) is 17.3. The van der Waals surface area contributed by atoms with Crippen molar-refractivity contribution in [3.8, 4) is 5.75 Å². The summed E-state index contributed by atoms with van der Waals surface area (Å²) >= 11 is 6.87. The molecule has 0 radical (unpaired) electrons. The highest BCUT2D eigenvalue weighted by Gasteiger charge is 2.20. The number of phenols is 1. The van der Waals surface area contributed by atoms with Gasteiger partial charge in [0.2, 0.25) is 0 Å². The van der Waals surface area contributed by atoms with Gasteiger partial charge in [0.05, 0.1) is 8.95 Å². The van der Waals surface area contributed by atoms with Gasteiger partial charge in [-0.2, -0.15) is 0 Å². The van der Waals surface area contributed by atoms with Crippen molar-refractivity contribution >= 4 is 31.9 Å². The van der Waals surface area contributed by atoms with Crippen molar-refractivity contribution in [2.24, 2.45) is 0 Å². The molecule has 2 nitrogen and oxygen atoms in total. The highest BCUT2D eigenvalue weighted by Crippen LogP contribution is 2.34. The van der Waals surface area contributed by atoms with E-state index in [4.69, 9.17) is 0 Å². The van der Waals surface area contributed by atoms with Gasteiger partial charge in [-0.15, -0.1) is 0 Å². The Balaban J connectivity index is 2.11. The monoisotopic (exact) mass is 417 g/mol. The van der Waals surface area contributed by atoms with Gasteiger partial charge in [-0.25, -0.2) is 0 Å². The molecule has 0 atom stereocenters. The van der Waals surface area contributed by atoms with Gasteiger partial charge in [0, 0.05) is 12.6 Å². The van der Waals surface area contributed by atoms with E-state index in [-0.39, 0.29) is 5.75 Å². The van der Waals surface area contributed by atoms with E-state index in [9.17, 15) is 5.11 Å². The number of nitrogens with zero attached hydrogens (tertiary/aromatic N) is 1. The van der Waals surface area contributed by atoms with E-state index >= 15 is 0 Å². The Hall–Kier alpha value is -0.0600. The third-order valence-corrected chi connectivity index (χ3v) is 5.52. The Kier molecular flexibility index (Phi) is 7.03. The number of aromatic hydroxyl groups is 1. The van der Waals surface area contributed by atoms with Gasteiger partial charge in [0.25, 0.3) is 0 Å². The van der Waals surface area contributed by atoms with Crippen molar-refractivity contribution in [1.29, 1.82) is 0 Å². The Bertz CT molecular complexity index is 433. The molecule has 0 amide bonds. The average Bonchev–Trinajstić information content (AvgIpc) is 2.73. The number of benzene rings is 1. The number of hydrogen-bond donors (Lipinski definition) is 1. The van der Waals surface area contributed by atoms with Crippen LogP contribution in [0.15, 0.2) is 21.1 Å². The molecule has 0 heterocycles. The lowest BCUT2D eigenvalue weighted by Crippen LogP contribution is -2.35. The molecule has 0 aliphatic heterocycles. The molecule has 21 heavy (non-hydrogen) atoms. The molecule has 0 bridgehead atoms. The van der Waals surface area contributed by atoms with Gasteiger partial charge in [-0.05, 0) is 75.4 Å². The third-order valence-electron chi connectivity index (χ3n) is 4.31. The third kappa shape index (κ3) is 4.97. The first-order chi connectivity index (χ1) is 10.1. The van der Waals surface area contributed by atoms with Crippen LogP contribution in [0.4, 0.5) is 0 Å². The van der Waals surface area contributed by atoms with E-state index in [1.807, 2.05) is 12.1 Å². The maximum Gasteiger partial charge on any atom is 0.143 e. The predicted octanol–water partition coefficient (Wildman–Crippen LogP) is 5.85. The highest BCUT2D eigenvalue weighted by atomic mass is 79.9. The summed E-state index contributed by atoms with van der Waals surface area (Å²) in [6.07, 6.45) is 9.39. The zero-order valence-corrected chi connectivity index (χ0v) is 15.9. The second-order valence-corrected chi connectivity index (χ2v) is 7.73. The lowest BCUT2D eigenvalue weighted by Gasteiger charge is -2.31. The van der Waals surface area contributed by atoms with Crippen LogP contribution >= 0.6 is 31.9 Å². The van der Waals surface area contributed by atoms with Gasteiger partial charge in [0.1, 0.15) is 5.75 Å². The predicted molar refractivity (Wildman–Crippen MR) is 95.7 cm³/mol. The molecule has 0 spiro atoms. The topological polar surface area (TPSA) is 23.5 Å². The number of halogens is 2. The largest absolute Gasteiger partial charge is 0.506 e. The smallest absolute Gasteiger partial charge is 0.143 e. The zero-order chi connectivity index (χ0) is 15.2. The van der Waals surface area contributed by atoms with Crippen molar-refractivity contribution in [2.45, 2.75) is 64.5 Å². The lowest BCUT2D eigenvalue weighted by atomic mass is 10.1. The van der Waals surface area contributed by atoms with Crippen LogP contribution in [0, 0.1) is 0 Å². The Labute approximate surface area is 145 Å². The molecule has 118 valence electrons. The van der Waals surface area contributed by atoms with E-state index in [0.717, 1.165) is 28.1 Å². The molecule has 1 saturated carbocycles. The molecule has 1 aromatic rings. The minimum atomic E-state index is 0.287. The fourth-order valence-corrected chi connectivity index (χ4v) is 4.53.